The number of benzene rings is 2. The minimum atomic E-state index is -2.98. The van der Waals surface area contributed by atoms with E-state index in [2.05, 4.69) is 36.2 Å². The average Bonchev–Trinajstić information content (AvgIpc) is 3.12. The predicted octanol–water partition coefficient (Wildman–Crippen LogP) is 5.48. The van der Waals surface area contributed by atoms with Crippen molar-refractivity contribution in [2.24, 2.45) is 0 Å². The molecule has 0 bridgehead atoms. The largest absolute Gasteiger partial charge is 0.433 e. The molecule has 0 saturated carbocycles. The van der Waals surface area contributed by atoms with Gasteiger partial charge in [-0.2, -0.15) is 8.78 Å². The van der Waals surface area contributed by atoms with Crippen LogP contribution in [0.4, 0.5) is 14.5 Å². The minimum absolute atomic E-state index is 0.00881. The number of aromatic nitrogens is 2. The van der Waals surface area contributed by atoms with Gasteiger partial charge in [-0.3, -0.25) is 4.79 Å². The Morgan fingerprint density at radius 2 is 2.00 bits per heavy atom. The van der Waals surface area contributed by atoms with Gasteiger partial charge in [0.05, 0.1) is 10.8 Å². The van der Waals surface area contributed by atoms with Crippen molar-refractivity contribution in [3.8, 4) is 17.2 Å². The van der Waals surface area contributed by atoms with Crippen molar-refractivity contribution in [1.82, 2.24) is 10.2 Å². The van der Waals surface area contributed by atoms with Crippen molar-refractivity contribution in [3.05, 3.63) is 52.0 Å². The molecule has 3 aromatic rings. The lowest BCUT2D eigenvalue weighted by Gasteiger charge is -2.09. The van der Waals surface area contributed by atoms with E-state index in [1.54, 1.807) is 0 Å². The van der Waals surface area contributed by atoms with Crippen molar-refractivity contribution in [2.75, 3.05) is 11.1 Å². The second-order valence-electron chi connectivity index (χ2n) is 5.24. The third-order valence-electron chi connectivity index (χ3n) is 3.26. The first-order valence-electron chi connectivity index (χ1n) is 7.67. The second kappa shape index (κ2) is 9.35. The highest BCUT2D eigenvalue weighted by Crippen LogP contribution is 2.29. The maximum Gasteiger partial charge on any atom is 0.387 e. The molecule has 11 heteroatoms. The molecule has 1 heterocycles. The molecule has 6 nitrogen and oxygen atoms in total. The molecule has 0 radical (unpaired) electrons. The number of amides is 1. The van der Waals surface area contributed by atoms with Crippen molar-refractivity contribution < 1.29 is 22.7 Å². The third-order valence-corrected chi connectivity index (χ3v) is 4.90. The lowest BCUT2D eigenvalue weighted by molar-refractivity contribution is -0.113. The van der Waals surface area contributed by atoms with Crippen LogP contribution in [-0.2, 0) is 4.79 Å². The summed E-state index contributed by atoms with van der Waals surface area (Å²) in [5.74, 6) is -0.173. The molecule has 28 heavy (non-hydrogen) atoms. The number of anilines is 1. The number of hydrogen-bond donors (Lipinski definition) is 1. The monoisotopic (exact) mass is 489 g/mol. The summed E-state index contributed by atoms with van der Waals surface area (Å²) < 4.78 is 35.1. The molecule has 1 N–H and O–H groups in total. The third kappa shape index (κ3) is 5.66. The van der Waals surface area contributed by atoms with E-state index < -0.39 is 6.61 Å². The Bertz CT molecular complexity index is 973. The van der Waals surface area contributed by atoms with Crippen LogP contribution in [-0.4, -0.2) is 28.5 Å². The summed E-state index contributed by atoms with van der Waals surface area (Å²) in [5, 5.41) is 10.6. The van der Waals surface area contributed by atoms with E-state index in [0.29, 0.717) is 11.6 Å². The van der Waals surface area contributed by atoms with Gasteiger partial charge in [0.1, 0.15) is 5.75 Å². The summed E-state index contributed by atoms with van der Waals surface area (Å²) in [7, 11) is 0. The summed E-state index contributed by atoms with van der Waals surface area (Å²) in [4.78, 5) is 12.1. The quantitative estimate of drug-likeness (QED) is 0.442. The average molecular weight is 491 g/mol. The number of carbonyl (C=O) groups excluding carboxylic acids is 1. The number of nitrogens with one attached hydrogen (secondary N) is 1. The molecule has 0 atom stereocenters. The van der Waals surface area contributed by atoms with E-state index in [4.69, 9.17) is 16.0 Å². The van der Waals surface area contributed by atoms with E-state index in [1.165, 1.54) is 18.2 Å². The second-order valence-corrected chi connectivity index (χ2v) is 7.49. The van der Waals surface area contributed by atoms with Crippen LogP contribution in [0.5, 0.6) is 5.75 Å². The SMILES string of the molecule is O=C(CSc1nnc(-c2ccc(Br)cc2)o1)Nc1ccc(OC(F)F)c(Cl)c1. The van der Waals surface area contributed by atoms with Gasteiger partial charge in [-0.1, -0.05) is 39.3 Å². The zero-order valence-electron chi connectivity index (χ0n) is 13.9. The van der Waals surface area contributed by atoms with Crippen molar-refractivity contribution >= 4 is 50.9 Å². The molecular weight excluding hydrogens is 480 g/mol. The number of thioether (sulfide) groups is 1. The standard InChI is InChI=1S/C17H11BrClF2N3O3S/c18-10-3-1-9(2-4-10)15-23-24-17(27-15)28-8-14(25)22-11-5-6-13(12(19)7-11)26-16(20)21/h1-7,16H,8H2,(H,22,25). The number of hydrogen-bond acceptors (Lipinski definition) is 6. The maximum atomic E-state index is 12.2. The lowest BCUT2D eigenvalue weighted by atomic mass is 10.2. The Balaban J connectivity index is 1.55. The molecule has 0 saturated heterocycles. The first-order valence-corrected chi connectivity index (χ1v) is 9.83. The van der Waals surface area contributed by atoms with E-state index in [-0.39, 0.29) is 27.7 Å². The first kappa shape index (κ1) is 20.6. The Morgan fingerprint density at radius 1 is 1.25 bits per heavy atom. The molecule has 2 aromatic carbocycles. The number of halogens is 4. The number of ether oxygens (including phenoxy) is 1. The van der Waals surface area contributed by atoms with Crippen LogP contribution in [0.1, 0.15) is 0 Å². The Hall–Kier alpha value is -2.17. The molecule has 0 aliphatic carbocycles. The van der Waals surface area contributed by atoms with Crippen LogP contribution in [0.3, 0.4) is 0 Å². The van der Waals surface area contributed by atoms with Gasteiger partial charge in [-0.05, 0) is 42.5 Å². The fourth-order valence-corrected chi connectivity index (χ4v) is 3.12. The minimum Gasteiger partial charge on any atom is -0.433 e. The molecule has 1 aromatic heterocycles. The van der Waals surface area contributed by atoms with Gasteiger partial charge in [0.15, 0.2) is 0 Å². The van der Waals surface area contributed by atoms with Crippen LogP contribution < -0.4 is 10.1 Å². The zero-order chi connectivity index (χ0) is 20.1. The molecule has 0 spiro atoms. The fraction of sp³-hybridized carbons (Fsp3) is 0.118. The van der Waals surface area contributed by atoms with Crippen molar-refractivity contribution in [2.45, 2.75) is 11.8 Å². The molecule has 0 fully saturated rings. The topological polar surface area (TPSA) is 77.2 Å². The van der Waals surface area contributed by atoms with Gasteiger partial charge in [0, 0.05) is 15.7 Å². The number of carbonyl (C=O) groups is 1. The zero-order valence-corrected chi connectivity index (χ0v) is 17.0. The van der Waals surface area contributed by atoms with Gasteiger partial charge in [0.2, 0.25) is 11.8 Å². The highest BCUT2D eigenvalue weighted by molar-refractivity contribution is 9.10. The molecule has 0 aliphatic rings. The predicted molar refractivity (Wildman–Crippen MR) is 105 cm³/mol. The van der Waals surface area contributed by atoms with E-state index in [1.807, 2.05) is 24.3 Å². The highest BCUT2D eigenvalue weighted by Gasteiger charge is 2.13. The maximum absolute atomic E-state index is 12.2. The van der Waals surface area contributed by atoms with E-state index in [9.17, 15) is 13.6 Å². The van der Waals surface area contributed by atoms with E-state index >= 15 is 0 Å². The van der Waals surface area contributed by atoms with Gasteiger partial charge in [-0.15, -0.1) is 10.2 Å². The number of nitrogens with zero attached hydrogens (tertiary/aromatic N) is 2. The summed E-state index contributed by atoms with van der Waals surface area (Å²) in [6.07, 6.45) is 0. The normalized spacial score (nSPS) is 10.9. The Morgan fingerprint density at radius 3 is 2.68 bits per heavy atom. The summed E-state index contributed by atoms with van der Waals surface area (Å²) in [6, 6.07) is 11.3. The molecule has 0 aliphatic heterocycles. The summed E-state index contributed by atoms with van der Waals surface area (Å²) >= 11 is 10.3. The van der Waals surface area contributed by atoms with Crippen LogP contribution in [0.15, 0.2) is 56.6 Å². The summed E-state index contributed by atoms with van der Waals surface area (Å²) in [5.41, 5.74) is 1.10. The Labute approximate surface area is 175 Å². The molecule has 146 valence electrons. The van der Waals surface area contributed by atoms with Gasteiger partial charge < -0.3 is 14.5 Å². The molecule has 1 amide bonds. The lowest BCUT2D eigenvalue weighted by Crippen LogP contribution is -2.14. The van der Waals surface area contributed by atoms with Crippen LogP contribution in [0, 0.1) is 0 Å². The van der Waals surface area contributed by atoms with Crippen molar-refractivity contribution in [3.63, 3.8) is 0 Å². The molecule has 0 unspecified atom stereocenters. The van der Waals surface area contributed by atoms with E-state index in [0.717, 1.165) is 21.8 Å². The summed E-state index contributed by atoms with van der Waals surface area (Å²) in [6.45, 7) is -2.98. The Kier molecular flexibility index (Phi) is 6.87. The molecule has 3 rings (SSSR count). The van der Waals surface area contributed by atoms with Gasteiger partial charge in [0.25, 0.3) is 5.22 Å². The van der Waals surface area contributed by atoms with Gasteiger partial charge in [-0.25, -0.2) is 0 Å². The highest BCUT2D eigenvalue weighted by atomic mass is 79.9. The van der Waals surface area contributed by atoms with Crippen LogP contribution >= 0.6 is 39.3 Å². The van der Waals surface area contributed by atoms with Crippen LogP contribution in [0.25, 0.3) is 11.5 Å². The smallest absolute Gasteiger partial charge is 0.387 e. The molecular formula is C17H11BrClF2N3O3S. The van der Waals surface area contributed by atoms with Crippen LogP contribution in [0.2, 0.25) is 5.02 Å². The first-order chi connectivity index (χ1) is 13.4. The van der Waals surface area contributed by atoms with Crippen molar-refractivity contribution in [1.29, 1.82) is 0 Å². The number of rotatable bonds is 7. The fourth-order valence-electron chi connectivity index (χ4n) is 2.07. The number of alkyl halides is 2. The van der Waals surface area contributed by atoms with Gasteiger partial charge >= 0.3 is 6.61 Å².